The molecule has 3 aliphatic rings. The fraction of sp³-hybridized carbons (Fsp3) is 0.737. The number of imidazole rings is 1. The predicted octanol–water partition coefficient (Wildman–Crippen LogP) is 0.759. The molecule has 0 radical (unpaired) electrons. The Balaban J connectivity index is 1.30. The van der Waals surface area contributed by atoms with E-state index in [0.29, 0.717) is 25.3 Å². The third-order valence-electron chi connectivity index (χ3n) is 6.08. The van der Waals surface area contributed by atoms with Crippen molar-refractivity contribution in [2.75, 3.05) is 26.2 Å². The molecular formula is C19H29N5O2. The molecule has 4 rings (SSSR count). The first-order valence-corrected chi connectivity index (χ1v) is 9.86. The number of likely N-dealkylation sites (tertiary alicyclic amines) is 2. The Morgan fingerprint density at radius 1 is 1.35 bits per heavy atom. The van der Waals surface area contributed by atoms with Crippen LogP contribution in [0.1, 0.15) is 37.9 Å². The van der Waals surface area contributed by atoms with E-state index in [4.69, 9.17) is 0 Å². The molecule has 2 aliphatic heterocycles. The summed E-state index contributed by atoms with van der Waals surface area (Å²) in [6, 6.07) is 0.226. The summed E-state index contributed by atoms with van der Waals surface area (Å²) in [4.78, 5) is 32.8. The molecule has 0 aromatic carbocycles. The van der Waals surface area contributed by atoms with Gasteiger partial charge >= 0.3 is 0 Å². The van der Waals surface area contributed by atoms with Crippen LogP contribution in [0.25, 0.3) is 0 Å². The summed E-state index contributed by atoms with van der Waals surface area (Å²) in [7, 11) is 2.02. The van der Waals surface area contributed by atoms with Crippen LogP contribution in [0.3, 0.4) is 0 Å². The van der Waals surface area contributed by atoms with Crippen LogP contribution in [0, 0.1) is 11.8 Å². The van der Waals surface area contributed by atoms with Gasteiger partial charge in [0, 0.05) is 64.5 Å². The highest BCUT2D eigenvalue weighted by atomic mass is 16.2. The Morgan fingerprint density at radius 2 is 2.19 bits per heavy atom. The van der Waals surface area contributed by atoms with Gasteiger partial charge in [0.2, 0.25) is 11.8 Å². The van der Waals surface area contributed by atoms with E-state index in [2.05, 4.69) is 19.8 Å². The molecule has 1 aromatic rings. The summed E-state index contributed by atoms with van der Waals surface area (Å²) in [5.41, 5.74) is 0. The lowest BCUT2D eigenvalue weighted by Crippen LogP contribution is -2.42. The van der Waals surface area contributed by atoms with Gasteiger partial charge < -0.3 is 14.8 Å². The number of nitrogens with zero attached hydrogens (tertiary/aromatic N) is 4. The zero-order valence-corrected chi connectivity index (χ0v) is 15.6. The van der Waals surface area contributed by atoms with Crippen LogP contribution in [0.15, 0.2) is 12.4 Å². The summed E-state index contributed by atoms with van der Waals surface area (Å²) < 4.78 is 2.06. The molecule has 7 heteroatoms. The van der Waals surface area contributed by atoms with Gasteiger partial charge in [-0.25, -0.2) is 4.98 Å². The van der Waals surface area contributed by atoms with Gasteiger partial charge in [-0.05, 0) is 31.1 Å². The maximum Gasteiger partial charge on any atom is 0.222 e. The van der Waals surface area contributed by atoms with Crippen LogP contribution in [0.4, 0.5) is 0 Å². The van der Waals surface area contributed by atoms with E-state index < -0.39 is 0 Å². The standard InChI is InChI=1S/C19H29N5O2/c1-22-10-7-20-17(22)13-23-11-15(14-4-5-14)16(12-23)21-18(25)6-9-24-8-2-3-19(24)26/h7,10,14-16H,2-6,8-9,11-13H2,1H3,(H,21,25)/t15-,16+/m1/s1. The molecule has 1 aromatic heterocycles. The number of hydrogen-bond donors (Lipinski definition) is 1. The zero-order valence-electron chi connectivity index (χ0n) is 15.6. The van der Waals surface area contributed by atoms with Gasteiger partial charge in [0.05, 0.1) is 6.54 Å². The van der Waals surface area contributed by atoms with Crippen molar-refractivity contribution in [3.05, 3.63) is 18.2 Å². The molecule has 0 spiro atoms. The van der Waals surface area contributed by atoms with Crippen molar-refractivity contribution in [1.29, 1.82) is 0 Å². The molecule has 1 saturated carbocycles. The molecule has 142 valence electrons. The number of aryl methyl sites for hydroxylation is 1. The minimum Gasteiger partial charge on any atom is -0.352 e. The fourth-order valence-corrected chi connectivity index (χ4v) is 4.40. The third kappa shape index (κ3) is 3.92. The van der Waals surface area contributed by atoms with Crippen molar-refractivity contribution in [2.45, 2.75) is 44.7 Å². The first kappa shape index (κ1) is 17.5. The average molecular weight is 359 g/mol. The number of amides is 2. The predicted molar refractivity (Wildman–Crippen MR) is 97.1 cm³/mol. The maximum atomic E-state index is 12.4. The highest BCUT2D eigenvalue weighted by molar-refractivity contribution is 5.80. The monoisotopic (exact) mass is 359 g/mol. The lowest BCUT2D eigenvalue weighted by molar-refractivity contribution is -0.128. The van der Waals surface area contributed by atoms with E-state index in [1.165, 1.54) is 12.8 Å². The zero-order chi connectivity index (χ0) is 18.1. The molecule has 2 saturated heterocycles. The lowest BCUT2D eigenvalue weighted by Gasteiger charge is -2.21. The van der Waals surface area contributed by atoms with E-state index >= 15 is 0 Å². The first-order chi connectivity index (χ1) is 12.6. The Morgan fingerprint density at radius 3 is 2.85 bits per heavy atom. The molecule has 1 N–H and O–H groups in total. The Bertz CT molecular complexity index is 669. The van der Waals surface area contributed by atoms with Gasteiger partial charge in [-0.15, -0.1) is 0 Å². The largest absolute Gasteiger partial charge is 0.352 e. The molecule has 2 amide bonds. The third-order valence-corrected chi connectivity index (χ3v) is 6.08. The van der Waals surface area contributed by atoms with Gasteiger partial charge in [-0.2, -0.15) is 0 Å². The minimum atomic E-state index is 0.0826. The van der Waals surface area contributed by atoms with Crippen molar-refractivity contribution >= 4 is 11.8 Å². The van der Waals surface area contributed by atoms with Gasteiger partial charge in [-0.1, -0.05) is 0 Å². The van der Waals surface area contributed by atoms with Gasteiger partial charge in [0.1, 0.15) is 5.82 Å². The maximum absolute atomic E-state index is 12.4. The van der Waals surface area contributed by atoms with E-state index in [1.54, 1.807) is 0 Å². The highest BCUT2D eigenvalue weighted by Crippen LogP contribution is 2.41. The molecule has 7 nitrogen and oxygen atoms in total. The van der Waals surface area contributed by atoms with Gasteiger partial charge in [-0.3, -0.25) is 14.5 Å². The van der Waals surface area contributed by atoms with E-state index in [0.717, 1.165) is 44.3 Å². The van der Waals surface area contributed by atoms with Crippen LogP contribution >= 0.6 is 0 Å². The lowest BCUT2D eigenvalue weighted by atomic mass is 9.98. The van der Waals surface area contributed by atoms with Crippen molar-refractivity contribution in [2.24, 2.45) is 18.9 Å². The molecule has 0 unspecified atom stereocenters. The molecule has 1 aliphatic carbocycles. The number of carbonyl (C=O) groups is 2. The molecule has 3 heterocycles. The molecule has 2 atom stereocenters. The van der Waals surface area contributed by atoms with Crippen molar-refractivity contribution in [3.8, 4) is 0 Å². The number of aromatic nitrogens is 2. The van der Waals surface area contributed by atoms with Crippen LogP contribution in [0.5, 0.6) is 0 Å². The summed E-state index contributed by atoms with van der Waals surface area (Å²) in [6.07, 6.45) is 8.36. The second-order valence-electron chi connectivity index (χ2n) is 8.06. The first-order valence-electron chi connectivity index (χ1n) is 9.86. The van der Waals surface area contributed by atoms with Crippen LogP contribution in [-0.4, -0.2) is 63.4 Å². The highest BCUT2D eigenvalue weighted by Gasteiger charge is 2.43. The van der Waals surface area contributed by atoms with Crippen molar-refractivity contribution in [1.82, 2.24) is 24.7 Å². The smallest absolute Gasteiger partial charge is 0.222 e. The number of rotatable bonds is 7. The van der Waals surface area contributed by atoms with Gasteiger partial charge in [0.25, 0.3) is 0 Å². The second-order valence-corrected chi connectivity index (χ2v) is 8.06. The topological polar surface area (TPSA) is 70.5 Å². The fourth-order valence-electron chi connectivity index (χ4n) is 4.40. The SMILES string of the molecule is Cn1ccnc1CN1C[C@H](NC(=O)CCN2CCCC2=O)[C@@H](C2CC2)C1. The molecule has 0 bridgehead atoms. The summed E-state index contributed by atoms with van der Waals surface area (Å²) in [5, 5.41) is 3.27. The van der Waals surface area contributed by atoms with E-state index in [-0.39, 0.29) is 17.9 Å². The minimum absolute atomic E-state index is 0.0826. The Kier molecular flexibility index (Phi) is 4.98. The van der Waals surface area contributed by atoms with Crippen LogP contribution in [-0.2, 0) is 23.2 Å². The van der Waals surface area contributed by atoms with Crippen LogP contribution < -0.4 is 5.32 Å². The molecule has 26 heavy (non-hydrogen) atoms. The van der Waals surface area contributed by atoms with E-state index in [1.807, 2.05) is 24.3 Å². The van der Waals surface area contributed by atoms with Crippen molar-refractivity contribution in [3.63, 3.8) is 0 Å². The average Bonchev–Trinajstić information content (AvgIpc) is 3.07. The number of nitrogens with one attached hydrogen (secondary N) is 1. The number of hydrogen-bond acceptors (Lipinski definition) is 4. The summed E-state index contributed by atoms with van der Waals surface area (Å²) >= 11 is 0. The second kappa shape index (κ2) is 7.39. The number of carbonyl (C=O) groups excluding carboxylic acids is 2. The summed E-state index contributed by atoms with van der Waals surface area (Å²) in [6.45, 7) is 4.12. The van der Waals surface area contributed by atoms with Crippen molar-refractivity contribution < 1.29 is 9.59 Å². The Hall–Kier alpha value is -1.89. The van der Waals surface area contributed by atoms with E-state index in [9.17, 15) is 9.59 Å². The molecule has 3 fully saturated rings. The quantitative estimate of drug-likeness (QED) is 0.780. The summed E-state index contributed by atoms with van der Waals surface area (Å²) in [5.74, 6) is 2.65. The Labute approximate surface area is 154 Å². The van der Waals surface area contributed by atoms with Crippen LogP contribution in [0.2, 0.25) is 0 Å². The van der Waals surface area contributed by atoms with Gasteiger partial charge in [0.15, 0.2) is 0 Å². The molecular weight excluding hydrogens is 330 g/mol. The normalized spacial score (nSPS) is 26.7.